The number of hydrogen-bond donors (Lipinski definition) is 2. The van der Waals surface area contributed by atoms with Gasteiger partial charge in [-0.05, 0) is 24.3 Å². The first-order valence-corrected chi connectivity index (χ1v) is 8.69. The molecule has 0 aliphatic rings. The normalized spacial score (nSPS) is 10.7. The van der Waals surface area contributed by atoms with Gasteiger partial charge in [-0.15, -0.1) is 11.3 Å². The molecule has 0 atom stereocenters. The molecule has 5 nitrogen and oxygen atoms in total. The first kappa shape index (κ1) is 18.0. The Morgan fingerprint density at radius 2 is 1.88 bits per heavy atom. The summed E-state index contributed by atoms with van der Waals surface area (Å²) in [7, 11) is 3.01. The average Bonchev–Trinajstić information content (AvgIpc) is 3.02. The van der Waals surface area contributed by atoms with Gasteiger partial charge in [0.2, 0.25) is 0 Å². The van der Waals surface area contributed by atoms with Crippen LogP contribution in [-0.4, -0.2) is 26.0 Å². The van der Waals surface area contributed by atoms with E-state index < -0.39 is 11.7 Å². The van der Waals surface area contributed by atoms with E-state index in [0.29, 0.717) is 31.8 Å². The Labute approximate surface area is 153 Å². The zero-order valence-corrected chi connectivity index (χ0v) is 15.1. The van der Waals surface area contributed by atoms with Gasteiger partial charge in [-0.25, -0.2) is 4.39 Å². The number of anilines is 1. The first-order valence-electron chi connectivity index (χ1n) is 7.88. The molecule has 0 unspecified atom stereocenters. The summed E-state index contributed by atoms with van der Waals surface area (Å²) < 4.78 is 20.1. The van der Waals surface area contributed by atoms with E-state index in [2.05, 4.69) is 10.6 Å². The van der Waals surface area contributed by atoms with Crippen LogP contribution in [0.2, 0.25) is 0 Å². The summed E-state index contributed by atoms with van der Waals surface area (Å²) in [6.07, 6.45) is 0. The van der Waals surface area contributed by atoms with Gasteiger partial charge in [0, 0.05) is 29.8 Å². The van der Waals surface area contributed by atoms with E-state index in [0.717, 1.165) is 0 Å². The molecular formula is C19H17FN2O3S. The maximum atomic E-state index is 14.3. The summed E-state index contributed by atoms with van der Waals surface area (Å²) in [6, 6.07) is 11.4. The van der Waals surface area contributed by atoms with Gasteiger partial charge in [-0.3, -0.25) is 9.59 Å². The third-order valence-corrected chi connectivity index (χ3v) is 5.10. The molecule has 0 spiro atoms. The van der Waals surface area contributed by atoms with Crippen LogP contribution in [0.4, 0.5) is 10.1 Å². The fraction of sp³-hybridized carbons (Fsp3) is 0.158. The third-order valence-electron chi connectivity index (χ3n) is 3.91. The number of halogens is 1. The van der Waals surface area contributed by atoms with Crippen molar-refractivity contribution < 1.29 is 18.7 Å². The summed E-state index contributed by atoms with van der Waals surface area (Å²) >= 11 is 1.19. The van der Waals surface area contributed by atoms with Crippen LogP contribution in [-0.2, 0) is 11.3 Å². The number of amides is 2. The van der Waals surface area contributed by atoms with Gasteiger partial charge in [0.05, 0.1) is 22.7 Å². The van der Waals surface area contributed by atoms with Gasteiger partial charge in [-0.1, -0.05) is 18.2 Å². The van der Waals surface area contributed by atoms with Crippen LogP contribution in [0.25, 0.3) is 10.1 Å². The lowest BCUT2D eigenvalue weighted by atomic mass is 10.1. The van der Waals surface area contributed by atoms with Gasteiger partial charge in [0.15, 0.2) is 0 Å². The van der Waals surface area contributed by atoms with Crippen LogP contribution in [0.3, 0.4) is 0 Å². The second-order valence-corrected chi connectivity index (χ2v) is 6.59. The zero-order chi connectivity index (χ0) is 18.7. The van der Waals surface area contributed by atoms with Crippen molar-refractivity contribution in [2.75, 3.05) is 19.5 Å². The van der Waals surface area contributed by atoms with Gasteiger partial charge >= 0.3 is 0 Å². The van der Waals surface area contributed by atoms with Crippen molar-refractivity contribution in [2.24, 2.45) is 0 Å². The number of rotatable bonds is 5. The Morgan fingerprint density at radius 1 is 1.12 bits per heavy atom. The zero-order valence-electron chi connectivity index (χ0n) is 14.3. The number of benzene rings is 2. The minimum Gasteiger partial charge on any atom is -0.380 e. The number of fused-ring (bicyclic) bond motifs is 1. The fourth-order valence-electron chi connectivity index (χ4n) is 2.74. The van der Waals surface area contributed by atoms with Crippen molar-refractivity contribution in [3.8, 4) is 0 Å². The largest absolute Gasteiger partial charge is 0.380 e. The van der Waals surface area contributed by atoms with Crippen molar-refractivity contribution in [1.82, 2.24) is 5.32 Å². The highest BCUT2D eigenvalue weighted by molar-refractivity contribution is 7.21. The molecular weight excluding hydrogens is 355 g/mol. The lowest BCUT2D eigenvalue weighted by Gasteiger charge is -2.10. The monoisotopic (exact) mass is 372 g/mol. The van der Waals surface area contributed by atoms with Crippen LogP contribution in [0.15, 0.2) is 42.5 Å². The second-order valence-electron chi connectivity index (χ2n) is 5.53. The van der Waals surface area contributed by atoms with E-state index in [9.17, 15) is 14.0 Å². The maximum Gasteiger partial charge on any atom is 0.266 e. The van der Waals surface area contributed by atoms with Crippen LogP contribution in [0.1, 0.15) is 25.6 Å². The Kier molecular flexibility index (Phi) is 5.29. The van der Waals surface area contributed by atoms with Crippen molar-refractivity contribution in [3.05, 3.63) is 64.3 Å². The molecule has 3 rings (SSSR count). The smallest absolute Gasteiger partial charge is 0.266 e. The van der Waals surface area contributed by atoms with Crippen LogP contribution in [0.5, 0.6) is 0 Å². The maximum absolute atomic E-state index is 14.3. The summed E-state index contributed by atoms with van der Waals surface area (Å²) in [5, 5.41) is 5.68. The number of nitrogens with one attached hydrogen (secondary N) is 2. The van der Waals surface area contributed by atoms with E-state index in [1.807, 2.05) is 0 Å². The number of thiophene rings is 1. The highest BCUT2D eigenvalue weighted by atomic mass is 32.1. The van der Waals surface area contributed by atoms with Crippen molar-refractivity contribution >= 4 is 38.9 Å². The Morgan fingerprint density at radius 3 is 2.62 bits per heavy atom. The van der Waals surface area contributed by atoms with Gasteiger partial charge in [0.1, 0.15) is 5.82 Å². The van der Waals surface area contributed by atoms with E-state index in [1.54, 1.807) is 36.4 Å². The molecule has 2 amide bonds. The number of hydrogen-bond acceptors (Lipinski definition) is 4. The van der Waals surface area contributed by atoms with Gasteiger partial charge in [0.25, 0.3) is 11.8 Å². The number of ether oxygens (including phenoxy) is 1. The van der Waals surface area contributed by atoms with E-state index >= 15 is 0 Å². The topological polar surface area (TPSA) is 67.4 Å². The third kappa shape index (κ3) is 3.31. The molecule has 0 aliphatic carbocycles. The highest BCUT2D eigenvalue weighted by Crippen LogP contribution is 2.34. The summed E-state index contributed by atoms with van der Waals surface area (Å²) in [6.45, 7) is 0.112. The van der Waals surface area contributed by atoms with Crippen molar-refractivity contribution in [1.29, 1.82) is 0 Å². The second kappa shape index (κ2) is 7.63. The minimum atomic E-state index is -0.408. The van der Waals surface area contributed by atoms with Gasteiger partial charge < -0.3 is 15.4 Å². The molecule has 1 aromatic heterocycles. The van der Waals surface area contributed by atoms with Gasteiger partial charge in [-0.2, -0.15) is 0 Å². The molecule has 0 radical (unpaired) electrons. The number of carbonyl (C=O) groups is 2. The van der Waals surface area contributed by atoms with Crippen LogP contribution >= 0.6 is 11.3 Å². The molecule has 0 saturated carbocycles. The Hall–Kier alpha value is -2.77. The summed E-state index contributed by atoms with van der Waals surface area (Å²) in [4.78, 5) is 25.2. The minimum absolute atomic E-state index is 0.112. The number of methoxy groups -OCH3 is 1. The molecule has 26 heavy (non-hydrogen) atoms. The SMILES string of the molecule is CNC(=O)c1ccccc1NC(=O)c1sc2cccc(F)c2c1COC. The fourth-order valence-corrected chi connectivity index (χ4v) is 3.85. The van der Waals surface area contributed by atoms with E-state index in [4.69, 9.17) is 4.74 Å². The lowest BCUT2D eigenvalue weighted by Crippen LogP contribution is -2.21. The van der Waals surface area contributed by atoms with Crippen molar-refractivity contribution in [2.45, 2.75) is 6.61 Å². The van der Waals surface area contributed by atoms with E-state index in [-0.39, 0.29) is 12.5 Å². The standard InChI is InChI=1S/C19H17FN2O3S/c1-21-18(23)11-6-3-4-8-14(11)22-19(24)17-12(10-25-2)16-13(20)7-5-9-15(16)26-17/h3-9H,10H2,1-2H3,(H,21,23)(H,22,24). The molecule has 7 heteroatoms. The van der Waals surface area contributed by atoms with Crippen LogP contribution in [0, 0.1) is 5.82 Å². The molecule has 0 saturated heterocycles. The molecule has 1 heterocycles. The number of carbonyl (C=O) groups excluding carboxylic acids is 2. The molecule has 0 aliphatic heterocycles. The molecule has 2 aromatic carbocycles. The molecule has 2 N–H and O–H groups in total. The van der Waals surface area contributed by atoms with E-state index in [1.165, 1.54) is 31.6 Å². The molecule has 0 bridgehead atoms. The Bertz CT molecular complexity index is 984. The quantitative estimate of drug-likeness (QED) is 0.716. The molecule has 3 aromatic rings. The lowest BCUT2D eigenvalue weighted by molar-refractivity contribution is 0.0964. The Balaban J connectivity index is 2.03. The predicted molar refractivity (Wildman–Crippen MR) is 100 cm³/mol. The summed E-state index contributed by atoms with van der Waals surface area (Å²) in [5.41, 5.74) is 1.24. The predicted octanol–water partition coefficient (Wildman–Crippen LogP) is 3.80. The van der Waals surface area contributed by atoms with Crippen molar-refractivity contribution in [3.63, 3.8) is 0 Å². The molecule has 0 fully saturated rings. The number of para-hydroxylation sites is 1. The average molecular weight is 372 g/mol. The highest BCUT2D eigenvalue weighted by Gasteiger charge is 2.22. The first-order chi connectivity index (χ1) is 12.6. The van der Waals surface area contributed by atoms with Crippen LogP contribution < -0.4 is 10.6 Å². The molecule has 134 valence electrons. The summed E-state index contributed by atoms with van der Waals surface area (Å²) in [5.74, 6) is -1.11.